The molecule has 4 rings (SSSR count). The molecule has 21 heavy (non-hydrogen) atoms. The maximum Gasteiger partial charge on any atom is 0.278 e. The van der Waals surface area contributed by atoms with Crippen molar-refractivity contribution in [3.8, 4) is 0 Å². The molecule has 3 heterocycles. The third-order valence-electron chi connectivity index (χ3n) is 4.09. The molecule has 0 fully saturated rings. The smallest absolute Gasteiger partial charge is 0.278 e. The summed E-state index contributed by atoms with van der Waals surface area (Å²) < 4.78 is 0. The Labute approximate surface area is 126 Å². The van der Waals surface area contributed by atoms with Gasteiger partial charge in [-0.15, -0.1) is 11.3 Å². The highest BCUT2D eigenvalue weighted by Crippen LogP contribution is 2.30. The van der Waals surface area contributed by atoms with Crippen LogP contribution in [0, 0.1) is 0 Å². The van der Waals surface area contributed by atoms with Crippen molar-refractivity contribution in [2.24, 2.45) is 0 Å². The molecule has 0 spiro atoms. The van der Waals surface area contributed by atoms with E-state index >= 15 is 0 Å². The van der Waals surface area contributed by atoms with Crippen molar-refractivity contribution in [3.63, 3.8) is 0 Å². The molecule has 6 nitrogen and oxygen atoms in total. The topological polar surface area (TPSA) is 82.7 Å². The van der Waals surface area contributed by atoms with Gasteiger partial charge in [0.25, 0.3) is 5.91 Å². The number of rotatable bonds is 2. The molecule has 0 unspecified atom stereocenters. The van der Waals surface area contributed by atoms with Gasteiger partial charge in [-0.25, -0.2) is 4.98 Å². The summed E-state index contributed by atoms with van der Waals surface area (Å²) in [6, 6.07) is 0. The number of aromatic amines is 1. The van der Waals surface area contributed by atoms with Gasteiger partial charge in [0.05, 0.1) is 5.69 Å². The van der Waals surface area contributed by atoms with Gasteiger partial charge in [0.15, 0.2) is 10.8 Å². The molecular weight excluding hydrogens is 286 g/mol. The summed E-state index contributed by atoms with van der Waals surface area (Å²) in [4.78, 5) is 18.3. The molecule has 2 aromatic heterocycles. The van der Waals surface area contributed by atoms with Crippen molar-refractivity contribution in [2.75, 3.05) is 11.9 Å². The van der Waals surface area contributed by atoms with Gasteiger partial charge in [0, 0.05) is 35.6 Å². The second-order valence-electron chi connectivity index (χ2n) is 5.51. The first kappa shape index (κ1) is 13.0. The molecule has 1 aliphatic carbocycles. The number of anilines is 1. The molecule has 0 atom stereocenters. The summed E-state index contributed by atoms with van der Waals surface area (Å²) >= 11 is 1.60. The highest BCUT2D eigenvalue weighted by molar-refractivity contribution is 7.15. The van der Waals surface area contributed by atoms with E-state index in [2.05, 4.69) is 25.8 Å². The van der Waals surface area contributed by atoms with E-state index in [1.165, 1.54) is 17.7 Å². The molecule has 110 valence electrons. The lowest BCUT2D eigenvalue weighted by Gasteiger charge is -2.12. The lowest BCUT2D eigenvalue weighted by Crippen LogP contribution is -2.25. The minimum atomic E-state index is -0.165. The molecule has 0 saturated carbocycles. The average molecular weight is 303 g/mol. The normalized spacial score (nSPS) is 17.1. The number of H-pyrrole nitrogens is 1. The highest BCUT2D eigenvalue weighted by atomic mass is 32.1. The first-order valence-corrected chi connectivity index (χ1v) is 8.19. The van der Waals surface area contributed by atoms with Crippen LogP contribution in [0.3, 0.4) is 0 Å². The Bertz CT molecular complexity index is 666. The van der Waals surface area contributed by atoms with Crippen LogP contribution < -0.4 is 10.6 Å². The minimum Gasteiger partial charge on any atom is -0.312 e. The quantitative estimate of drug-likeness (QED) is 0.787. The first-order valence-electron chi connectivity index (χ1n) is 7.38. The molecule has 2 aromatic rings. The van der Waals surface area contributed by atoms with Crippen LogP contribution in [-0.4, -0.2) is 27.6 Å². The van der Waals surface area contributed by atoms with Crippen molar-refractivity contribution in [3.05, 3.63) is 27.5 Å². The lowest BCUT2D eigenvalue weighted by atomic mass is 10.0. The Morgan fingerprint density at radius 1 is 1.24 bits per heavy atom. The summed E-state index contributed by atoms with van der Waals surface area (Å²) in [5, 5.41) is 14.0. The molecular formula is C14H17N5OS. The highest BCUT2D eigenvalue weighted by Gasteiger charge is 2.23. The van der Waals surface area contributed by atoms with Crippen LogP contribution in [0.25, 0.3) is 0 Å². The standard InChI is InChI=1S/C14H17N5OS/c20-13(12-8-7-15-6-5-9(8)18-19-12)17-14-16-10-3-1-2-4-11(10)21-14/h15H,1-7H2,(H,18,19)(H,16,17,20). The number of carbonyl (C=O) groups excluding carboxylic acids is 1. The number of hydrogen-bond donors (Lipinski definition) is 3. The number of hydrogen-bond acceptors (Lipinski definition) is 5. The van der Waals surface area contributed by atoms with E-state index in [4.69, 9.17) is 0 Å². The number of aromatic nitrogens is 3. The van der Waals surface area contributed by atoms with Gasteiger partial charge in [-0.2, -0.15) is 5.10 Å². The van der Waals surface area contributed by atoms with Gasteiger partial charge >= 0.3 is 0 Å². The molecule has 1 aliphatic heterocycles. The number of aryl methyl sites for hydroxylation is 2. The number of thiazole rings is 1. The molecule has 1 amide bonds. The largest absolute Gasteiger partial charge is 0.312 e. The Balaban J connectivity index is 1.55. The monoisotopic (exact) mass is 303 g/mol. The fourth-order valence-electron chi connectivity index (χ4n) is 2.97. The maximum atomic E-state index is 12.4. The molecule has 2 aliphatic rings. The minimum absolute atomic E-state index is 0.165. The van der Waals surface area contributed by atoms with Crippen molar-refractivity contribution >= 4 is 22.4 Å². The van der Waals surface area contributed by atoms with Crippen molar-refractivity contribution < 1.29 is 4.79 Å². The zero-order chi connectivity index (χ0) is 14.2. The van der Waals surface area contributed by atoms with E-state index in [0.29, 0.717) is 17.4 Å². The zero-order valence-corrected chi connectivity index (χ0v) is 12.5. The SMILES string of the molecule is O=C(Nc1nc2c(s1)CCCC2)c1n[nH]c2c1CNCC2. The molecule has 0 aromatic carbocycles. The fraction of sp³-hybridized carbons (Fsp3) is 0.500. The van der Waals surface area contributed by atoms with Gasteiger partial charge in [-0.1, -0.05) is 0 Å². The number of carbonyl (C=O) groups is 1. The predicted octanol–water partition coefficient (Wildman–Crippen LogP) is 1.64. The van der Waals surface area contributed by atoms with Crippen molar-refractivity contribution in [2.45, 2.75) is 38.6 Å². The maximum absolute atomic E-state index is 12.4. The molecule has 0 radical (unpaired) electrons. The molecule has 0 bridgehead atoms. The summed E-state index contributed by atoms with van der Waals surface area (Å²) in [6.45, 7) is 1.62. The van der Waals surface area contributed by atoms with Gasteiger partial charge < -0.3 is 5.32 Å². The van der Waals surface area contributed by atoms with Gasteiger partial charge in [0.1, 0.15) is 0 Å². The van der Waals surface area contributed by atoms with E-state index in [1.807, 2.05) is 0 Å². The molecule has 3 N–H and O–H groups in total. The second-order valence-corrected chi connectivity index (χ2v) is 6.59. The van der Waals surface area contributed by atoms with Crippen LogP contribution in [0.2, 0.25) is 0 Å². The summed E-state index contributed by atoms with van der Waals surface area (Å²) in [7, 11) is 0. The van der Waals surface area contributed by atoms with Crippen LogP contribution in [0.4, 0.5) is 5.13 Å². The van der Waals surface area contributed by atoms with Gasteiger partial charge in [-0.3, -0.25) is 15.2 Å². The summed E-state index contributed by atoms with van der Waals surface area (Å²) in [5.41, 5.74) is 3.70. The van der Waals surface area contributed by atoms with E-state index in [1.54, 1.807) is 11.3 Å². The molecule has 7 heteroatoms. The van der Waals surface area contributed by atoms with Crippen LogP contribution >= 0.6 is 11.3 Å². The van der Waals surface area contributed by atoms with Crippen LogP contribution in [-0.2, 0) is 25.8 Å². The van der Waals surface area contributed by atoms with E-state index in [0.717, 1.165) is 42.8 Å². The van der Waals surface area contributed by atoms with Crippen LogP contribution in [0.15, 0.2) is 0 Å². The Morgan fingerprint density at radius 3 is 3.05 bits per heavy atom. The first-order chi connectivity index (χ1) is 10.3. The number of amides is 1. The van der Waals surface area contributed by atoms with E-state index in [-0.39, 0.29) is 5.91 Å². The van der Waals surface area contributed by atoms with Crippen molar-refractivity contribution in [1.82, 2.24) is 20.5 Å². The summed E-state index contributed by atoms with van der Waals surface area (Å²) in [6.07, 6.45) is 5.43. The number of nitrogens with one attached hydrogen (secondary N) is 3. The van der Waals surface area contributed by atoms with E-state index < -0.39 is 0 Å². The van der Waals surface area contributed by atoms with Gasteiger partial charge in [-0.05, 0) is 25.7 Å². The van der Waals surface area contributed by atoms with Crippen LogP contribution in [0.1, 0.15) is 45.2 Å². The predicted molar refractivity (Wildman–Crippen MR) is 80.7 cm³/mol. The average Bonchev–Trinajstić information content (AvgIpc) is 3.10. The van der Waals surface area contributed by atoms with Crippen LogP contribution in [0.5, 0.6) is 0 Å². The third kappa shape index (κ3) is 2.36. The number of fused-ring (bicyclic) bond motifs is 2. The zero-order valence-electron chi connectivity index (χ0n) is 11.7. The Morgan fingerprint density at radius 2 is 2.14 bits per heavy atom. The van der Waals surface area contributed by atoms with Crippen molar-refractivity contribution in [1.29, 1.82) is 0 Å². The lowest BCUT2D eigenvalue weighted by molar-refractivity contribution is 0.102. The Hall–Kier alpha value is -1.73. The Kier molecular flexibility index (Phi) is 3.23. The third-order valence-corrected chi connectivity index (χ3v) is 5.16. The number of nitrogens with zero attached hydrogens (tertiary/aromatic N) is 2. The summed E-state index contributed by atoms with van der Waals surface area (Å²) in [5.74, 6) is -0.165. The van der Waals surface area contributed by atoms with E-state index in [9.17, 15) is 4.79 Å². The van der Waals surface area contributed by atoms with Gasteiger partial charge in [0.2, 0.25) is 0 Å². The molecule has 0 saturated heterocycles. The second kappa shape index (κ2) is 5.23. The fourth-order valence-corrected chi connectivity index (χ4v) is 4.02.